The lowest BCUT2D eigenvalue weighted by molar-refractivity contribution is 0.198. The Kier molecular flexibility index (Phi) is 4.36. The molecule has 3 rings (SSSR count). The molecule has 1 saturated heterocycles. The summed E-state index contributed by atoms with van der Waals surface area (Å²) in [4.78, 5) is 2.38. The van der Waals surface area contributed by atoms with Gasteiger partial charge in [-0.1, -0.05) is 11.6 Å². The minimum atomic E-state index is -0.275. The maximum atomic E-state index is 13.7. The molecule has 0 bridgehead atoms. The smallest absolute Gasteiger partial charge is 0.125 e. The molecule has 1 aliphatic heterocycles. The van der Waals surface area contributed by atoms with E-state index in [1.54, 1.807) is 17.4 Å². The highest BCUT2D eigenvalue weighted by Crippen LogP contribution is 2.32. The van der Waals surface area contributed by atoms with E-state index in [0.29, 0.717) is 5.02 Å². The zero-order chi connectivity index (χ0) is 13.9. The fourth-order valence-corrected chi connectivity index (χ4v) is 3.63. The number of thiophene rings is 1. The van der Waals surface area contributed by atoms with E-state index in [4.69, 9.17) is 11.6 Å². The summed E-state index contributed by atoms with van der Waals surface area (Å²) in [6.45, 7) is 3.83. The van der Waals surface area contributed by atoms with Crippen LogP contribution in [0, 0.1) is 5.82 Å². The van der Waals surface area contributed by atoms with Gasteiger partial charge in [0.2, 0.25) is 0 Å². The van der Waals surface area contributed by atoms with E-state index < -0.39 is 0 Å². The van der Waals surface area contributed by atoms with Gasteiger partial charge in [0.15, 0.2) is 0 Å². The fourth-order valence-electron chi connectivity index (χ4n) is 2.72. The molecule has 0 radical (unpaired) electrons. The first-order valence-electron chi connectivity index (χ1n) is 6.67. The Balaban J connectivity index is 2.00. The van der Waals surface area contributed by atoms with E-state index in [2.05, 4.69) is 27.0 Å². The van der Waals surface area contributed by atoms with Gasteiger partial charge in [0.05, 0.1) is 6.04 Å². The number of hydrogen-bond acceptors (Lipinski definition) is 3. The Morgan fingerprint density at radius 1 is 1.20 bits per heavy atom. The average molecular weight is 311 g/mol. The van der Waals surface area contributed by atoms with Gasteiger partial charge in [-0.2, -0.15) is 11.3 Å². The monoisotopic (exact) mass is 310 g/mol. The van der Waals surface area contributed by atoms with Crippen molar-refractivity contribution in [3.05, 3.63) is 57.0 Å². The molecule has 1 atom stereocenters. The van der Waals surface area contributed by atoms with Gasteiger partial charge in [-0.05, 0) is 46.2 Å². The molecular weight excluding hydrogens is 295 g/mol. The number of benzene rings is 1. The lowest BCUT2D eigenvalue weighted by atomic mass is 9.98. The zero-order valence-electron chi connectivity index (χ0n) is 11.0. The maximum absolute atomic E-state index is 13.7. The minimum absolute atomic E-state index is 0.0801. The van der Waals surface area contributed by atoms with Crippen LogP contribution in [-0.2, 0) is 0 Å². The molecule has 1 aliphatic rings. The van der Waals surface area contributed by atoms with E-state index in [9.17, 15) is 4.39 Å². The normalized spacial score (nSPS) is 18.1. The molecule has 0 unspecified atom stereocenters. The lowest BCUT2D eigenvalue weighted by Gasteiger charge is -2.35. The summed E-state index contributed by atoms with van der Waals surface area (Å²) in [5.41, 5.74) is 2.13. The number of piperazine rings is 1. The number of nitrogens with zero attached hydrogens (tertiary/aromatic N) is 1. The largest absolute Gasteiger partial charge is 0.314 e. The molecule has 5 heteroatoms. The number of nitrogens with one attached hydrogen (secondary N) is 1. The Morgan fingerprint density at radius 3 is 2.65 bits per heavy atom. The third-order valence-corrected chi connectivity index (χ3v) is 4.50. The molecule has 1 N–H and O–H groups in total. The van der Waals surface area contributed by atoms with Crippen molar-refractivity contribution in [2.75, 3.05) is 26.2 Å². The molecule has 1 aromatic heterocycles. The first-order chi connectivity index (χ1) is 9.74. The fraction of sp³-hybridized carbons (Fsp3) is 0.333. The Labute approximate surface area is 127 Å². The van der Waals surface area contributed by atoms with E-state index in [0.717, 1.165) is 31.7 Å². The zero-order valence-corrected chi connectivity index (χ0v) is 12.6. The van der Waals surface area contributed by atoms with Crippen LogP contribution in [-0.4, -0.2) is 31.1 Å². The maximum Gasteiger partial charge on any atom is 0.125 e. The average Bonchev–Trinajstić information content (AvgIpc) is 2.93. The number of halogens is 2. The molecule has 2 heterocycles. The molecule has 2 aromatic rings. The number of hydrogen-bond donors (Lipinski definition) is 1. The van der Waals surface area contributed by atoms with Crippen molar-refractivity contribution >= 4 is 22.9 Å². The first kappa shape index (κ1) is 14.0. The SMILES string of the molecule is Fc1cc(Cl)cc([C@H](c2ccsc2)N2CCNCC2)c1. The van der Waals surface area contributed by atoms with Crippen LogP contribution in [0.3, 0.4) is 0 Å². The van der Waals surface area contributed by atoms with Crippen molar-refractivity contribution < 1.29 is 4.39 Å². The van der Waals surface area contributed by atoms with Gasteiger partial charge in [0.1, 0.15) is 5.82 Å². The summed E-state index contributed by atoms with van der Waals surface area (Å²) in [6.07, 6.45) is 0. The Hall–Kier alpha value is -0.940. The molecule has 106 valence electrons. The second kappa shape index (κ2) is 6.22. The lowest BCUT2D eigenvalue weighted by Crippen LogP contribution is -2.45. The molecular formula is C15H16ClFN2S. The molecule has 1 aromatic carbocycles. The minimum Gasteiger partial charge on any atom is -0.314 e. The summed E-state index contributed by atoms with van der Waals surface area (Å²) in [5.74, 6) is -0.275. The Bertz CT molecular complexity index is 547. The molecule has 20 heavy (non-hydrogen) atoms. The van der Waals surface area contributed by atoms with Crippen molar-refractivity contribution in [3.8, 4) is 0 Å². The van der Waals surface area contributed by atoms with Gasteiger partial charge in [0.25, 0.3) is 0 Å². The van der Waals surface area contributed by atoms with Crippen molar-refractivity contribution in [1.82, 2.24) is 10.2 Å². The second-order valence-electron chi connectivity index (χ2n) is 4.95. The highest BCUT2D eigenvalue weighted by atomic mass is 35.5. The third kappa shape index (κ3) is 3.04. The van der Waals surface area contributed by atoms with Crippen LogP contribution in [0.1, 0.15) is 17.2 Å². The van der Waals surface area contributed by atoms with Gasteiger partial charge in [-0.15, -0.1) is 0 Å². The van der Waals surface area contributed by atoms with Gasteiger partial charge in [-0.25, -0.2) is 4.39 Å². The summed E-state index contributed by atoms with van der Waals surface area (Å²) < 4.78 is 13.7. The van der Waals surface area contributed by atoms with Crippen molar-refractivity contribution in [2.24, 2.45) is 0 Å². The predicted molar refractivity (Wildman–Crippen MR) is 82.0 cm³/mol. The highest BCUT2D eigenvalue weighted by molar-refractivity contribution is 7.08. The molecule has 0 aliphatic carbocycles. The van der Waals surface area contributed by atoms with Gasteiger partial charge < -0.3 is 5.32 Å². The van der Waals surface area contributed by atoms with Crippen LogP contribution in [0.4, 0.5) is 4.39 Å². The van der Waals surface area contributed by atoms with Crippen LogP contribution in [0.2, 0.25) is 5.02 Å². The van der Waals surface area contributed by atoms with E-state index >= 15 is 0 Å². The van der Waals surface area contributed by atoms with Crippen molar-refractivity contribution in [1.29, 1.82) is 0 Å². The van der Waals surface area contributed by atoms with E-state index in [1.807, 2.05) is 6.07 Å². The standard InChI is InChI=1S/C15H16ClFN2S/c16-13-7-12(8-14(17)9-13)15(11-1-6-20-10-11)19-4-2-18-3-5-19/h1,6-10,15,18H,2-5H2/t15-/m0/s1. The first-order valence-corrected chi connectivity index (χ1v) is 7.99. The number of rotatable bonds is 3. The van der Waals surface area contributed by atoms with Crippen LogP contribution in [0.25, 0.3) is 0 Å². The topological polar surface area (TPSA) is 15.3 Å². The van der Waals surface area contributed by atoms with Crippen molar-refractivity contribution in [2.45, 2.75) is 6.04 Å². The van der Waals surface area contributed by atoms with E-state index in [1.165, 1.54) is 11.6 Å². The van der Waals surface area contributed by atoms with Crippen LogP contribution >= 0.6 is 22.9 Å². The summed E-state index contributed by atoms with van der Waals surface area (Å²) >= 11 is 7.69. The Morgan fingerprint density at radius 2 is 2.00 bits per heavy atom. The summed E-state index contributed by atoms with van der Waals surface area (Å²) in [7, 11) is 0. The molecule has 0 saturated carbocycles. The van der Waals surface area contributed by atoms with Crippen LogP contribution in [0.5, 0.6) is 0 Å². The van der Waals surface area contributed by atoms with Crippen molar-refractivity contribution in [3.63, 3.8) is 0 Å². The summed E-state index contributed by atoms with van der Waals surface area (Å²) in [6, 6.07) is 7.01. The summed E-state index contributed by atoms with van der Waals surface area (Å²) in [5, 5.41) is 8.00. The van der Waals surface area contributed by atoms with Gasteiger partial charge in [0, 0.05) is 31.2 Å². The molecule has 2 nitrogen and oxygen atoms in total. The predicted octanol–water partition coefficient (Wildman–Crippen LogP) is 3.54. The van der Waals surface area contributed by atoms with E-state index in [-0.39, 0.29) is 11.9 Å². The van der Waals surface area contributed by atoms with Crippen LogP contribution in [0.15, 0.2) is 35.0 Å². The second-order valence-corrected chi connectivity index (χ2v) is 6.16. The molecule has 0 amide bonds. The van der Waals surface area contributed by atoms with Crippen LogP contribution < -0.4 is 5.32 Å². The van der Waals surface area contributed by atoms with Gasteiger partial charge >= 0.3 is 0 Å². The molecule has 0 spiro atoms. The van der Waals surface area contributed by atoms with Gasteiger partial charge in [-0.3, -0.25) is 4.90 Å². The quantitative estimate of drug-likeness (QED) is 0.933. The third-order valence-electron chi connectivity index (χ3n) is 3.58. The highest BCUT2D eigenvalue weighted by Gasteiger charge is 2.24. The molecule has 1 fully saturated rings.